The maximum atomic E-state index is 12.9. The van der Waals surface area contributed by atoms with Crippen LogP contribution in [-0.2, 0) is 42.2 Å². The Morgan fingerprint density at radius 2 is 0.730 bits per heavy atom. The van der Waals surface area contributed by atoms with Crippen molar-refractivity contribution < 1.29 is 52.2 Å². The Labute approximate surface area is 451 Å². The van der Waals surface area contributed by atoms with Crippen molar-refractivity contribution in [2.75, 3.05) is 26.4 Å². The molecule has 0 saturated carbocycles. The van der Waals surface area contributed by atoms with Gasteiger partial charge in [0, 0.05) is 19.3 Å². The molecule has 0 amide bonds. The summed E-state index contributed by atoms with van der Waals surface area (Å²) >= 11 is 0. The number of phosphoric ester groups is 1. The number of carbonyl (C=O) groups is 3. The quantitative estimate of drug-likeness (QED) is 0.0197. The lowest BCUT2D eigenvalue weighted by Crippen LogP contribution is -2.30. The summed E-state index contributed by atoms with van der Waals surface area (Å²) in [6.45, 7) is 4.43. The van der Waals surface area contributed by atoms with Gasteiger partial charge in [0.2, 0.25) is 0 Å². The molecule has 0 saturated heterocycles. The first kappa shape index (κ1) is 70.7. The van der Waals surface area contributed by atoms with Crippen molar-refractivity contribution in [2.45, 2.75) is 264 Å². The van der Waals surface area contributed by atoms with Crippen LogP contribution in [0.3, 0.4) is 0 Å². The first-order valence-electron chi connectivity index (χ1n) is 29.5. The first-order chi connectivity index (χ1) is 36.2. The third kappa shape index (κ3) is 53.5. The Bertz CT molecular complexity index is 1560. The predicted molar refractivity (Wildman–Crippen MR) is 307 cm³/mol. The highest BCUT2D eigenvalue weighted by atomic mass is 31.2. The van der Waals surface area contributed by atoms with Gasteiger partial charge in [-0.1, -0.05) is 234 Å². The molecule has 0 bridgehead atoms. The van der Waals surface area contributed by atoms with Gasteiger partial charge in [-0.2, -0.15) is 0 Å². The average molecular weight is 1060 g/mol. The van der Waals surface area contributed by atoms with Crippen LogP contribution in [0.5, 0.6) is 0 Å². The second-order valence-electron chi connectivity index (χ2n) is 19.4. The Morgan fingerprint density at radius 1 is 0.392 bits per heavy atom. The van der Waals surface area contributed by atoms with Gasteiger partial charge in [0.05, 0.1) is 19.8 Å². The molecule has 0 aromatic carbocycles. The summed E-state index contributed by atoms with van der Waals surface area (Å²) in [5.74, 6) is -1.57. The third-order valence-corrected chi connectivity index (χ3v) is 13.3. The molecule has 0 radical (unpaired) electrons. The molecule has 426 valence electrons. The molecular formula is C62H107O11P. The summed E-state index contributed by atoms with van der Waals surface area (Å²) in [6.07, 6.45) is 64.3. The normalized spacial score (nSPS) is 14.0. The Kier molecular flexibility index (Phi) is 53.4. The van der Waals surface area contributed by atoms with E-state index in [-0.39, 0.29) is 25.9 Å². The Balaban J connectivity index is 4.80. The highest BCUT2D eigenvalue weighted by Gasteiger charge is 2.28. The van der Waals surface area contributed by atoms with Crippen LogP contribution in [0, 0.1) is 0 Å². The minimum Gasteiger partial charge on any atom is -0.462 e. The molecule has 0 heterocycles. The van der Waals surface area contributed by atoms with Gasteiger partial charge in [-0.05, 0) is 83.5 Å². The van der Waals surface area contributed by atoms with Crippen molar-refractivity contribution in [2.24, 2.45) is 0 Å². The summed E-state index contributed by atoms with van der Waals surface area (Å²) in [4.78, 5) is 48.4. The van der Waals surface area contributed by atoms with Crippen molar-refractivity contribution in [1.82, 2.24) is 0 Å². The van der Waals surface area contributed by atoms with Crippen LogP contribution in [0.2, 0.25) is 0 Å². The first-order valence-corrected chi connectivity index (χ1v) is 31.0. The lowest BCUT2D eigenvalue weighted by molar-refractivity contribution is -0.161. The number of aliphatic hydroxyl groups is 1. The van der Waals surface area contributed by atoms with E-state index in [0.717, 1.165) is 77.0 Å². The predicted octanol–water partition coefficient (Wildman–Crippen LogP) is 17.5. The molecule has 3 unspecified atom stereocenters. The maximum absolute atomic E-state index is 12.9. The second-order valence-corrected chi connectivity index (χ2v) is 20.9. The van der Waals surface area contributed by atoms with E-state index in [1.807, 2.05) is 12.2 Å². The van der Waals surface area contributed by atoms with Crippen LogP contribution in [0.1, 0.15) is 252 Å². The van der Waals surface area contributed by atoms with E-state index >= 15 is 0 Å². The van der Waals surface area contributed by atoms with Crippen LogP contribution in [0.15, 0.2) is 85.1 Å². The molecule has 0 aromatic rings. The number of rotatable bonds is 54. The van der Waals surface area contributed by atoms with Gasteiger partial charge >= 0.3 is 25.7 Å². The van der Waals surface area contributed by atoms with E-state index in [0.29, 0.717) is 19.3 Å². The summed E-state index contributed by atoms with van der Waals surface area (Å²) in [6, 6.07) is 0. The van der Waals surface area contributed by atoms with Crippen molar-refractivity contribution in [3.05, 3.63) is 85.1 Å². The van der Waals surface area contributed by atoms with Crippen LogP contribution >= 0.6 is 7.82 Å². The van der Waals surface area contributed by atoms with Gasteiger partial charge in [0.15, 0.2) is 6.10 Å². The van der Waals surface area contributed by atoms with Crippen molar-refractivity contribution in [1.29, 1.82) is 0 Å². The molecule has 0 aliphatic rings. The van der Waals surface area contributed by atoms with Crippen LogP contribution in [-0.4, -0.2) is 66.5 Å². The average Bonchev–Trinajstić information content (AvgIpc) is 3.39. The number of hydrogen-bond acceptors (Lipinski definition) is 10. The minimum atomic E-state index is -4.76. The highest BCUT2D eigenvalue weighted by Crippen LogP contribution is 2.43. The number of aliphatic hydroxyl groups excluding tert-OH is 1. The van der Waals surface area contributed by atoms with Crippen molar-refractivity contribution >= 4 is 25.7 Å². The number of allylic oxidation sites excluding steroid dienone is 14. The lowest BCUT2D eigenvalue weighted by Gasteiger charge is -2.21. The molecule has 0 spiro atoms. The summed E-state index contributed by atoms with van der Waals surface area (Å²) < 4.78 is 39.4. The summed E-state index contributed by atoms with van der Waals surface area (Å²) in [7, 11) is -4.76. The number of unbranched alkanes of at least 4 members (excludes halogenated alkanes) is 23. The number of ether oxygens (including phenoxy) is 3. The van der Waals surface area contributed by atoms with Gasteiger partial charge in [0.25, 0.3) is 0 Å². The molecule has 0 fully saturated rings. The standard InChI is InChI=1S/C62H107O11P/c1-4-7-10-13-16-19-21-23-25-27-29-31-33-35-37-40-42-45-48-51-60(64)69-55-59(57-71-74(67,68)70-56-58(54-63)72-61(65)52-49-46-43-39-18-15-12-9-6-3)73-62(66)53-50-47-44-41-38-36-34-32-30-28-26-24-22-20-17-14-11-8-5-2/h7,10,16,19,23-26,29,31,35,37,42,45,58-59,63H,4-6,8-9,11-15,17-18,20-22,27-28,30,32-34,36,38-41,43-44,46-57H2,1-3H3,(H,67,68)/b10-7-,19-16-,25-23-,26-24-,31-29-,37-35-,45-42-. The van der Waals surface area contributed by atoms with E-state index < -0.39 is 57.8 Å². The van der Waals surface area contributed by atoms with E-state index in [9.17, 15) is 28.9 Å². The van der Waals surface area contributed by atoms with Crippen LogP contribution in [0.25, 0.3) is 0 Å². The highest BCUT2D eigenvalue weighted by molar-refractivity contribution is 7.47. The number of hydrogen-bond donors (Lipinski definition) is 2. The monoisotopic (exact) mass is 1060 g/mol. The van der Waals surface area contributed by atoms with E-state index in [4.69, 9.17) is 23.3 Å². The van der Waals surface area contributed by atoms with Gasteiger partial charge in [-0.15, -0.1) is 0 Å². The Morgan fingerprint density at radius 3 is 1.14 bits per heavy atom. The lowest BCUT2D eigenvalue weighted by atomic mass is 10.1. The fourth-order valence-corrected chi connectivity index (χ4v) is 8.63. The summed E-state index contributed by atoms with van der Waals surface area (Å²) in [5.41, 5.74) is 0. The number of esters is 3. The van der Waals surface area contributed by atoms with E-state index in [1.54, 1.807) is 0 Å². The molecule has 11 nitrogen and oxygen atoms in total. The third-order valence-electron chi connectivity index (χ3n) is 12.3. The topological polar surface area (TPSA) is 155 Å². The van der Waals surface area contributed by atoms with Gasteiger partial charge < -0.3 is 24.2 Å². The van der Waals surface area contributed by atoms with Gasteiger partial charge in [-0.3, -0.25) is 23.4 Å². The minimum absolute atomic E-state index is 0.0996. The van der Waals surface area contributed by atoms with Crippen LogP contribution < -0.4 is 0 Å². The maximum Gasteiger partial charge on any atom is 0.472 e. The molecule has 0 aliphatic carbocycles. The van der Waals surface area contributed by atoms with Crippen LogP contribution in [0.4, 0.5) is 0 Å². The zero-order valence-electron chi connectivity index (χ0n) is 47.0. The Hall–Kier alpha value is -3.34. The number of phosphoric acid groups is 1. The van der Waals surface area contributed by atoms with Crippen molar-refractivity contribution in [3.8, 4) is 0 Å². The summed E-state index contributed by atoms with van der Waals surface area (Å²) in [5, 5.41) is 9.78. The van der Waals surface area contributed by atoms with Gasteiger partial charge in [-0.25, -0.2) is 4.57 Å². The van der Waals surface area contributed by atoms with Gasteiger partial charge in [0.1, 0.15) is 12.7 Å². The second kappa shape index (κ2) is 55.9. The zero-order chi connectivity index (χ0) is 54.1. The molecule has 0 rings (SSSR count). The van der Waals surface area contributed by atoms with E-state index in [2.05, 4.69) is 93.7 Å². The fourth-order valence-electron chi connectivity index (χ4n) is 7.85. The largest absolute Gasteiger partial charge is 0.472 e. The number of carbonyl (C=O) groups excluding carboxylic acids is 3. The van der Waals surface area contributed by atoms with Crippen molar-refractivity contribution in [3.63, 3.8) is 0 Å². The molecular weight excluding hydrogens is 952 g/mol. The molecule has 3 atom stereocenters. The molecule has 2 N–H and O–H groups in total. The molecule has 74 heavy (non-hydrogen) atoms. The zero-order valence-corrected chi connectivity index (χ0v) is 47.9. The molecule has 0 aromatic heterocycles. The smallest absolute Gasteiger partial charge is 0.462 e. The molecule has 12 heteroatoms. The fraction of sp³-hybridized carbons (Fsp3) is 0.726. The SMILES string of the molecule is CC/C=C\C/C=C\C/C=C\C/C=C\C/C=C\C/C=C\CCC(=O)OCC(COP(=O)(O)OCC(CO)OC(=O)CCCCCCCCCCC)OC(=O)CCCCCCCCCCC/C=C\CCCCCCCC. The molecule has 0 aliphatic heterocycles. The van der Waals surface area contributed by atoms with E-state index in [1.165, 1.54) is 116 Å².